The highest BCUT2D eigenvalue weighted by Gasteiger charge is 2.43. The number of nitrogens with one attached hydrogen (secondary N) is 2. The van der Waals surface area contributed by atoms with Crippen LogP contribution in [0.5, 0.6) is 11.6 Å². The number of hydrogen-bond donors (Lipinski definition) is 4. The molecule has 4 N–H and O–H groups in total. The third-order valence-electron chi connectivity index (χ3n) is 15.2. The van der Waals surface area contributed by atoms with E-state index in [2.05, 4.69) is 71.6 Å². The number of benzene rings is 2. The maximum atomic E-state index is 14.2. The fraction of sp³-hybridized carbons (Fsp3) is 0.375. The topological polar surface area (TPSA) is 212 Å². The number of ether oxygens (including phenoxy) is 1. The highest BCUT2D eigenvalue weighted by atomic mass is 32.1. The van der Waals surface area contributed by atoms with Gasteiger partial charge in [-0.15, -0.1) is 21.5 Å². The number of hydrogen-bond acceptors (Lipinski definition) is 14. The zero-order valence-corrected chi connectivity index (χ0v) is 42.7. The number of pyridine rings is 1. The van der Waals surface area contributed by atoms with Gasteiger partial charge in [0.2, 0.25) is 17.8 Å². The van der Waals surface area contributed by atoms with Crippen molar-refractivity contribution >= 4 is 40.1 Å². The Balaban J connectivity index is 0.661. The molecule has 1 saturated heterocycles. The summed E-state index contributed by atoms with van der Waals surface area (Å²) >= 11 is 1.59. The Morgan fingerprint density at radius 1 is 0.973 bits per heavy atom. The lowest BCUT2D eigenvalue weighted by molar-refractivity contribution is -0.725. The van der Waals surface area contributed by atoms with Gasteiger partial charge in [0.15, 0.2) is 29.8 Å². The first-order valence-electron chi connectivity index (χ1n) is 25.6. The van der Waals surface area contributed by atoms with Crippen molar-refractivity contribution in [2.24, 2.45) is 5.92 Å². The van der Waals surface area contributed by atoms with Gasteiger partial charge in [-0.05, 0) is 78.6 Å². The van der Waals surface area contributed by atoms with Gasteiger partial charge in [-0.25, -0.2) is 19.5 Å². The fourth-order valence-corrected chi connectivity index (χ4v) is 12.0. The fourth-order valence-electron chi connectivity index (χ4n) is 11.1. The second-order valence-corrected chi connectivity index (χ2v) is 21.1. The van der Waals surface area contributed by atoms with Crippen molar-refractivity contribution < 1.29 is 33.6 Å². The second-order valence-electron chi connectivity index (χ2n) is 20.3. The summed E-state index contributed by atoms with van der Waals surface area (Å²) in [6.07, 6.45) is 12.5. The summed E-state index contributed by atoms with van der Waals surface area (Å²) in [5, 5.41) is 38.2. The van der Waals surface area contributed by atoms with E-state index in [9.17, 15) is 19.8 Å². The van der Waals surface area contributed by atoms with E-state index < -0.39 is 18.1 Å². The molecule has 4 atom stereocenters. The molecule has 2 amide bonds. The van der Waals surface area contributed by atoms with Crippen molar-refractivity contribution in [2.45, 2.75) is 115 Å². The maximum Gasteiger partial charge on any atom is 0.254 e. The molecule has 2 aliphatic heterocycles. The van der Waals surface area contributed by atoms with E-state index in [-0.39, 0.29) is 55.0 Å². The molecule has 0 bridgehead atoms. The Morgan fingerprint density at radius 3 is 2.47 bits per heavy atom. The van der Waals surface area contributed by atoms with Gasteiger partial charge in [0, 0.05) is 104 Å². The SMILES string of the molecule is Cc1ncsc1-c1ccc(CNC(=O)[C@@H]2C[C@@H](O)CN2C(=O)[C@@H](c2cc(OCc3cc[n+](C4CCC(c5cnc(N6CCc7[nH]c8nnc(-c9ccccc9O)cc8c7[C@H]6C)nc5)CC4)cc3)no2)C(C)C)cc1. The van der Waals surface area contributed by atoms with Crippen LogP contribution in [0.3, 0.4) is 0 Å². The molecule has 11 rings (SSSR count). The monoisotopic (exact) mass is 1010 g/mol. The Bertz CT molecular complexity index is 3280. The van der Waals surface area contributed by atoms with Gasteiger partial charge in [0.25, 0.3) is 5.88 Å². The van der Waals surface area contributed by atoms with Gasteiger partial charge < -0.3 is 39.6 Å². The van der Waals surface area contributed by atoms with Crippen LogP contribution in [-0.2, 0) is 29.2 Å². The first-order chi connectivity index (χ1) is 35.9. The number of aryl methyl sites for hydroxylation is 1. The number of H-pyrrole nitrogens is 1. The molecular weight excluding hydrogens is 955 g/mol. The summed E-state index contributed by atoms with van der Waals surface area (Å²) in [4.78, 5) is 50.3. The molecule has 0 spiro atoms. The van der Waals surface area contributed by atoms with E-state index in [1.807, 2.05) is 81.1 Å². The van der Waals surface area contributed by atoms with E-state index in [1.165, 1.54) is 10.5 Å². The smallest absolute Gasteiger partial charge is 0.254 e. The number of amides is 2. The predicted molar refractivity (Wildman–Crippen MR) is 278 cm³/mol. The number of phenolic OH excluding ortho intramolecular Hbond substituents is 1. The van der Waals surface area contributed by atoms with Gasteiger partial charge in [0.05, 0.1) is 33.9 Å². The number of phenols is 1. The third-order valence-corrected chi connectivity index (χ3v) is 16.2. The number of para-hydroxylation sites is 1. The molecule has 8 heterocycles. The minimum absolute atomic E-state index is 0.00971. The Hall–Kier alpha value is -7.57. The number of aromatic amines is 1. The van der Waals surface area contributed by atoms with E-state index in [0.29, 0.717) is 41.5 Å². The summed E-state index contributed by atoms with van der Waals surface area (Å²) in [7, 11) is 0. The van der Waals surface area contributed by atoms with E-state index in [1.54, 1.807) is 29.5 Å². The van der Waals surface area contributed by atoms with E-state index in [0.717, 1.165) is 88.2 Å². The summed E-state index contributed by atoms with van der Waals surface area (Å²) in [5.74, 6) is 0.351. The molecule has 18 heteroatoms. The predicted octanol–water partition coefficient (Wildman–Crippen LogP) is 8.45. The Morgan fingerprint density at radius 2 is 1.74 bits per heavy atom. The van der Waals surface area contributed by atoms with Crippen molar-refractivity contribution in [3.05, 3.63) is 142 Å². The molecule has 74 heavy (non-hydrogen) atoms. The summed E-state index contributed by atoms with van der Waals surface area (Å²) in [5.41, 5.74) is 11.3. The lowest BCUT2D eigenvalue weighted by Gasteiger charge is -2.34. The molecule has 0 unspecified atom stereocenters. The number of aliphatic hydroxyl groups is 1. The number of fused-ring (bicyclic) bond motifs is 3. The number of rotatable bonds is 14. The van der Waals surface area contributed by atoms with Crippen molar-refractivity contribution in [2.75, 3.05) is 18.0 Å². The first kappa shape index (κ1) is 48.7. The van der Waals surface area contributed by atoms with Crippen LogP contribution < -0.4 is 19.5 Å². The molecule has 1 aliphatic carbocycles. The van der Waals surface area contributed by atoms with Gasteiger partial charge in [0.1, 0.15) is 24.3 Å². The van der Waals surface area contributed by atoms with Crippen LogP contribution in [0, 0.1) is 12.8 Å². The number of aromatic nitrogens is 8. The minimum Gasteiger partial charge on any atom is -0.507 e. The first-order valence-corrected chi connectivity index (χ1v) is 26.4. The average Bonchev–Trinajstić information content (AvgIpc) is 4.24. The maximum absolute atomic E-state index is 14.2. The molecule has 3 aliphatic rings. The number of carbonyl (C=O) groups excluding carboxylic acids is 2. The number of likely N-dealkylation sites (tertiary alicyclic amines) is 1. The second kappa shape index (κ2) is 20.7. The van der Waals surface area contributed by atoms with Gasteiger partial charge in [-0.1, -0.05) is 50.2 Å². The number of nitrogens with zero attached hydrogens (tertiary/aromatic N) is 9. The third kappa shape index (κ3) is 9.83. The molecule has 6 aromatic heterocycles. The van der Waals surface area contributed by atoms with Crippen LogP contribution in [0.15, 0.2) is 108 Å². The number of thiazole rings is 1. The minimum atomic E-state index is -0.823. The summed E-state index contributed by atoms with van der Waals surface area (Å²) in [6.45, 7) is 9.39. The number of β-amino-alcohol motifs (C(OH)–C–C–N with tert-alkyl or cyclic N) is 1. The van der Waals surface area contributed by atoms with Crippen LogP contribution in [0.25, 0.3) is 32.7 Å². The van der Waals surface area contributed by atoms with Crippen LogP contribution >= 0.6 is 11.3 Å². The van der Waals surface area contributed by atoms with Gasteiger partial charge in [-0.3, -0.25) is 9.59 Å². The standard InChI is InChI=1S/C56H59N11O6S/c1-32(2)50(55(71)67-29-41(68)23-46(67)54(70)57-26-35-9-11-38(12-10-35)52-33(3)60-31-74-52)48-25-49(64-73-48)72-30-36-17-20-65(21-18-36)40-15-13-37(14-16-40)39-27-58-56(59-28-39)66-22-19-44-51(34(66)4)43-24-45(62-63-53(43)61-44)42-7-5-6-8-47(42)69/h5-12,17-18,20-21,24-25,27-28,31-32,34,37,40-41,46,50,68H,13-16,19,22-23,26,29-30H2,1-4H3,(H2-,57,61,62,63,69,70)/p+1/t34-,37?,40?,41-,46+,50-/m1/s1. The number of aliphatic hydroxyl groups excluding tert-OH is 1. The van der Waals surface area contributed by atoms with Crippen LogP contribution in [-0.4, -0.2) is 87.5 Å². The quantitative estimate of drug-likeness (QED) is 0.0754. The molecule has 380 valence electrons. The zero-order chi connectivity index (χ0) is 51.0. The van der Waals surface area contributed by atoms with Crippen LogP contribution in [0.2, 0.25) is 0 Å². The zero-order valence-electron chi connectivity index (χ0n) is 41.9. The van der Waals surface area contributed by atoms with Crippen molar-refractivity contribution in [3.8, 4) is 33.3 Å². The molecule has 2 fully saturated rings. The lowest BCUT2D eigenvalue weighted by atomic mass is 9.82. The molecule has 1 saturated carbocycles. The largest absolute Gasteiger partial charge is 0.507 e. The average molecular weight is 1020 g/mol. The summed E-state index contributed by atoms with van der Waals surface area (Å²) < 4.78 is 14.1. The van der Waals surface area contributed by atoms with Crippen molar-refractivity contribution in [1.82, 2.24) is 45.5 Å². The molecule has 8 aromatic rings. The molecule has 0 radical (unpaired) electrons. The normalized spacial score (nSPS) is 20.2. The van der Waals surface area contributed by atoms with E-state index >= 15 is 0 Å². The van der Waals surface area contributed by atoms with Crippen molar-refractivity contribution in [3.63, 3.8) is 0 Å². The summed E-state index contributed by atoms with van der Waals surface area (Å²) in [6, 6.07) is 22.5. The Labute approximate surface area is 432 Å². The number of carbonyl (C=O) groups is 2. The Kier molecular flexibility index (Phi) is 13.6. The van der Waals surface area contributed by atoms with Crippen molar-refractivity contribution in [1.29, 1.82) is 0 Å². The van der Waals surface area contributed by atoms with Crippen LogP contribution in [0.4, 0.5) is 5.95 Å². The lowest BCUT2D eigenvalue weighted by Crippen LogP contribution is -2.48. The molecular formula is C56H60N11O6S+. The number of aromatic hydroxyl groups is 1. The van der Waals surface area contributed by atoms with Crippen LogP contribution in [0.1, 0.15) is 116 Å². The highest BCUT2D eigenvalue weighted by molar-refractivity contribution is 7.13. The van der Waals surface area contributed by atoms with Gasteiger partial charge >= 0.3 is 0 Å². The number of anilines is 1. The molecule has 2 aromatic carbocycles. The van der Waals surface area contributed by atoms with Gasteiger partial charge in [-0.2, -0.15) is 0 Å². The highest BCUT2D eigenvalue weighted by Crippen LogP contribution is 2.40. The van der Waals surface area contributed by atoms with E-state index in [4.69, 9.17) is 19.2 Å². The molecule has 17 nitrogen and oxygen atoms in total.